The van der Waals surface area contributed by atoms with E-state index in [1.54, 1.807) is 12.3 Å². The minimum Gasteiger partial charge on any atom is -0.355 e. The van der Waals surface area contributed by atoms with E-state index in [0.29, 0.717) is 17.9 Å². The number of thioether (sulfide) groups is 1. The van der Waals surface area contributed by atoms with Crippen LogP contribution in [0.2, 0.25) is 0 Å². The van der Waals surface area contributed by atoms with Gasteiger partial charge in [-0.2, -0.15) is 0 Å². The normalized spacial score (nSPS) is 26.6. The lowest BCUT2D eigenvalue weighted by Crippen LogP contribution is -2.44. The van der Waals surface area contributed by atoms with Crippen molar-refractivity contribution < 1.29 is 14.4 Å². The summed E-state index contributed by atoms with van der Waals surface area (Å²) in [5.74, 6) is 0.226. The lowest BCUT2D eigenvalue weighted by Gasteiger charge is -2.30. The van der Waals surface area contributed by atoms with Crippen molar-refractivity contribution in [2.75, 3.05) is 37.6 Å². The summed E-state index contributed by atoms with van der Waals surface area (Å²) in [6.07, 6.45) is 4.16. The molecule has 3 saturated heterocycles. The maximum Gasteiger partial charge on any atom is 0.290 e. The fourth-order valence-corrected chi connectivity index (χ4v) is 4.34. The van der Waals surface area contributed by atoms with Crippen LogP contribution in [0, 0.1) is 5.92 Å². The molecule has 0 aliphatic carbocycles. The van der Waals surface area contributed by atoms with Gasteiger partial charge in [0.25, 0.3) is 11.1 Å². The van der Waals surface area contributed by atoms with E-state index in [2.05, 4.69) is 25.8 Å². The first kappa shape index (κ1) is 20.6. The molecule has 150 valence electrons. The molecule has 28 heavy (non-hydrogen) atoms. The Kier molecular flexibility index (Phi) is 6.58. The van der Waals surface area contributed by atoms with E-state index in [1.807, 2.05) is 12.1 Å². The summed E-state index contributed by atoms with van der Waals surface area (Å²) in [6, 6.07) is 3.93. The maximum atomic E-state index is 12.4. The zero-order valence-electron chi connectivity index (χ0n) is 15.1. The molecule has 0 bridgehead atoms. The molecule has 3 N–H and O–H groups in total. The van der Waals surface area contributed by atoms with Crippen molar-refractivity contribution in [2.45, 2.75) is 12.3 Å². The first-order valence-corrected chi connectivity index (χ1v) is 9.86. The zero-order valence-corrected chi connectivity index (χ0v) is 16.8. The predicted octanol–water partition coefficient (Wildman–Crippen LogP) is 1.000. The van der Waals surface area contributed by atoms with Gasteiger partial charge < -0.3 is 15.5 Å². The van der Waals surface area contributed by atoms with Gasteiger partial charge in [-0.1, -0.05) is 12.1 Å². The molecule has 0 aromatic carbocycles. The van der Waals surface area contributed by atoms with Crippen LogP contribution in [0.3, 0.4) is 0 Å². The highest BCUT2D eigenvalue weighted by Gasteiger charge is 2.32. The summed E-state index contributed by atoms with van der Waals surface area (Å²) in [7, 11) is 0. The molecule has 3 amide bonds. The number of aromatic nitrogens is 1. The molecule has 10 heteroatoms. The summed E-state index contributed by atoms with van der Waals surface area (Å²) < 4.78 is 0. The molecule has 2 unspecified atom stereocenters. The van der Waals surface area contributed by atoms with Gasteiger partial charge in [0.2, 0.25) is 5.91 Å². The van der Waals surface area contributed by atoms with Crippen LogP contribution >= 0.6 is 24.2 Å². The molecular weight excluding hydrogens is 402 g/mol. The Morgan fingerprint density at radius 1 is 1.18 bits per heavy atom. The number of rotatable bonds is 3. The van der Waals surface area contributed by atoms with Gasteiger partial charge >= 0.3 is 0 Å². The lowest BCUT2D eigenvalue weighted by atomic mass is 9.85. The van der Waals surface area contributed by atoms with Gasteiger partial charge in [-0.15, -0.1) is 12.4 Å². The Morgan fingerprint density at radius 3 is 2.61 bits per heavy atom. The molecule has 2 atom stereocenters. The van der Waals surface area contributed by atoms with Crippen LogP contribution in [-0.2, 0) is 9.59 Å². The van der Waals surface area contributed by atoms with Crippen molar-refractivity contribution >= 4 is 47.0 Å². The Hall–Kier alpha value is -2.10. The predicted molar refractivity (Wildman–Crippen MR) is 110 cm³/mol. The molecule has 0 radical (unpaired) electrons. The molecule has 0 spiro atoms. The number of piperidine rings is 1. The molecule has 3 aliphatic heterocycles. The molecule has 3 fully saturated rings. The fourth-order valence-electron chi connectivity index (χ4n) is 3.60. The molecule has 8 nitrogen and oxygen atoms in total. The van der Waals surface area contributed by atoms with Crippen LogP contribution < -0.4 is 20.9 Å². The van der Waals surface area contributed by atoms with Gasteiger partial charge in [-0.3, -0.25) is 19.7 Å². The van der Waals surface area contributed by atoms with Crippen LogP contribution in [0.15, 0.2) is 29.3 Å². The fraction of sp³-hybridized carbons (Fsp3) is 0.444. The van der Waals surface area contributed by atoms with E-state index in [1.165, 1.54) is 0 Å². The molecular formula is C18H22ClN5O3S. The van der Waals surface area contributed by atoms with Crippen molar-refractivity contribution in [1.29, 1.82) is 0 Å². The highest BCUT2D eigenvalue weighted by atomic mass is 35.5. The second-order valence-electron chi connectivity index (χ2n) is 6.85. The number of imide groups is 1. The standard InChI is InChI=1S/C18H21N5O3S.ClH/c24-16-13(7-11(9-21-16)8-14-17(25)22-18(26)27-14)12-1-2-15(20-10-12)23-5-3-19-4-6-23;/h1-2,8,10-11,13,19H,3-7,9H2,(H,21,24)(H,22,25,26);1H/b14-8+;. The van der Waals surface area contributed by atoms with Gasteiger partial charge in [0.15, 0.2) is 0 Å². The van der Waals surface area contributed by atoms with Gasteiger partial charge in [-0.05, 0) is 35.7 Å². The monoisotopic (exact) mass is 423 g/mol. The van der Waals surface area contributed by atoms with Crippen molar-refractivity contribution in [2.24, 2.45) is 5.92 Å². The van der Waals surface area contributed by atoms with E-state index < -0.39 is 0 Å². The third-order valence-corrected chi connectivity index (χ3v) is 5.87. The Balaban J connectivity index is 0.00000225. The summed E-state index contributed by atoms with van der Waals surface area (Å²) in [5.41, 5.74) is 0.870. The minimum absolute atomic E-state index is 0. The number of anilines is 1. The Labute approximate surface area is 173 Å². The number of piperazine rings is 1. The van der Waals surface area contributed by atoms with Crippen LogP contribution in [0.25, 0.3) is 0 Å². The molecule has 4 heterocycles. The summed E-state index contributed by atoms with van der Waals surface area (Å²) in [6.45, 7) is 4.19. The molecule has 1 aromatic heterocycles. The van der Waals surface area contributed by atoms with Crippen molar-refractivity contribution in [3.05, 3.63) is 34.9 Å². The number of amides is 3. The Morgan fingerprint density at radius 2 is 1.96 bits per heavy atom. The van der Waals surface area contributed by atoms with Crippen LogP contribution in [0.1, 0.15) is 17.9 Å². The maximum absolute atomic E-state index is 12.4. The van der Waals surface area contributed by atoms with Crippen molar-refractivity contribution in [3.8, 4) is 0 Å². The smallest absolute Gasteiger partial charge is 0.290 e. The minimum atomic E-state index is -0.361. The van der Waals surface area contributed by atoms with E-state index >= 15 is 0 Å². The lowest BCUT2D eigenvalue weighted by molar-refractivity contribution is -0.124. The number of carbonyl (C=O) groups excluding carboxylic acids is 3. The van der Waals surface area contributed by atoms with Gasteiger partial charge in [0, 0.05) is 38.9 Å². The van der Waals surface area contributed by atoms with Gasteiger partial charge in [0.1, 0.15) is 5.82 Å². The average Bonchev–Trinajstić information content (AvgIpc) is 3.01. The second-order valence-corrected chi connectivity index (χ2v) is 7.87. The topological polar surface area (TPSA) is 103 Å². The number of carbonyl (C=O) groups is 3. The molecule has 3 aliphatic rings. The van der Waals surface area contributed by atoms with Crippen LogP contribution in [0.5, 0.6) is 0 Å². The number of pyridine rings is 1. The largest absolute Gasteiger partial charge is 0.355 e. The van der Waals surface area contributed by atoms with E-state index in [4.69, 9.17) is 0 Å². The quantitative estimate of drug-likeness (QED) is 0.623. The first-order chi connectivity index (χ1) is 13.1. The highest BCUT2D eigenvalue weighted by Crippen LogP contribution is 2.32. The summed E-state index contributed by atoms with van der Waals surface area (Å²) >= 11 is 0.909. The Bertz CT molecular complexity index is 795. The number of hydrogen-bond donors (Lipinski definition) is 3. The zero-order chi connectivity index (χ0) is 18.8. The number of halogens is 1. The summed E-state index contributed by atoms with van der Waals surface area (Å²) in [5, 5.41) is 8.12. The number of nitrogens with zero attached hydrogens (tertiary/aromatic N) is 2. The second kappa shape index (κ2) is 8.93. The van der Waals surface area contributed by atoms with E-state index in [-0.39, 0.29) is 41.3 Å². The first-order valence-electron chi connectivity index (χ1n) is 9.04. The molecule has 4 rings (SSSR count). The third-order valence-electron chi connectivity index (χ3n) is 5.04. The van der Waals surface area contributed by atoms with Crippen molar-refractivity contribution in [3.63, 3.8) is 0 Å². The number of hydrogen-bond acceptors (Lipinski definition) is 7. The van der Waals surface area contributed by atoms with Crippen molar-refractivity contribution in [1.82, 2.24) is 20.9 Å². The summed E-state index contributed by atoms with van der Waals surface area (Å²) in [4.78, 5) is 42.6. The van der Waals surface area contributed by atoms with Crippen LogP contribution in [0.4, 0.5) is 10.6 Å². The van der Waals surface area contributed by atoms with E-state index in [9.17, 15) is 14.4 Å². The van der Waals surface area contributed by atoms with Gasteiger partial charge in [-0.25, -0.2) is 4.98 Å². The molecule has 1 aromatic rings. The van der Waals surface area contributed by atoms with Gasteiger partial charge in [0.05, 0.1) is 10.8 Å². The van der Waals surface area contributed by atoms with Crippen LogP contribution in [-0.4, -0.2) is 54.8 Å². The highest BCUT2D eigenvalue weighted by molar-refractivity contribution is 8.18. The van der Waals surface area contributed by atoms with E-state index in [0.717, 1.165) is 49.3 Å². The SMILES string of the molecule is Cl.O=C1NC(=O)/C(=C\C2CNC(=O)C(c3ccc(N4CCNCC4)nc3)C2)S1. The molecule has 0 saturated carbocycles. The average molecular weight is 424 g/mol. The number of nitrogens with one attached hydrogen (secondary N) is 3. The third kappa shape index (κ3) is 4.48.